The van der Waals surface area contributed by atoms with Crippen molar-refractivity contribution in [3.63, 3.8) is 0 Å². The molecule has 0 saturated carbocycles. The van der Waals surface area contributed by atoms with Crippen molar-refractivity contribution in [1.29, 1.82) is 0 Å². The molecule has 23 heavy (non-hydrogen) atoms. The molecule has 0 spiro atoms. The molecule has 0 fully saturated rings. The van der Waals surface area contributed by atoms with Gasteiger partial charge in [0.2, 0.25) is 0 Å². The lowest BCUT2D eigenvalue weighted by atomic mass is 10.3. The summed E-state index contributed by atoms with van der Waals surface area (Å²) < 4.78 is 7.59. The lowest BCUT2D eigenvalue weighted by molar-refractivity contribution is -0.123. The number of hydrogen-bond donors (Lipinski definition) is 2. The summed E-state index contributed by atoms with van der Waals surface area (Å²) in [6.07, 6.45) is 0. The van der Waals surface area contributed by atoms with Crippen molar-refractivity contribution < 1.29 is 14.3 Å². The Kier molecular flexibility index (Phi) is 5.92. The molecule has 2 N–H and O–H groups in total. The van der Waals surface area contributed by atoms with Crippen LogP contribution in [0.1, 0.15) is 10.5 Å². The Morgan fingerprint density at radius 2 is 1.87 bits per heavy atom. The number of rotatable bonds is 4. The standard InChI is InChI=1S/C14H12BrCl2N3O3/c1-20-11(6-10(16)13(20)17)14(22)19-18-12(21)7-23-9-4-2-8(15)3-5-9/h2-6H,7H2,1H3,(H,18,21)(H,19,22). The molecule has 2 aromatic rings. The van der Waals surface area contributed by atoms with Crippen LogP contribution in [0.3, 0.4) is 0 Å². The molecule has 0 saturated heterocycles. The van der Waals surface area contributed by atoms with Crippen LogP contribution in [0, 0.1) is 0 Å². The van der Waals surface area contributed by atoms with Crippen molar-refractivity contribution in [2.75, 3.05) is 6.61 Å². The summed E-state index contributed by atoms with van der Waals surface area (Å²) in [6.45, 7) is -0.240. The van der Waals surface area contributed by atoms with Crippen LogP contribution in [0.4, 0.5) is 0 Å². The second-order valence-corrected chi connectivity index (χ2v) is 6.15. The number of hydrogen-bond acceptors (Lipinski definition) is 3. The average molecular weight is 421 g/mol. The van der Waals surface area contributed by atoms with Crippen molar-refractivity contribution in [3.8, 4) is 5.75 Å². The highest BCUT2D eigenvalue weighted by molar-refractivity contribution is 9.10. The van der Waals surface area contributed by atoms with Gasteiger partial charge in [-0.25, -0.2) is 0 Å². The van der Waals surface area contributed by atoms with Gasteiger partial charge in [-0.2, -0.15) is 0 Å². The van der Waals surface area contributed by atoms with Crippen LogP contribution in [-0.4, -0.2) is 23.0 Å². The van der Waals surface area contributed by atoms with Crippen molar-refractivity contribution in [2.24, 2.45) is 7.05 Å². The van der Waals surface area contributed by atoms with E-state index in [1.54, 1.807) is 31.3 Å². The molecule has 0 aliphatic carbocycles. The summed E-state index contributed by atoms with van der Waals surface area (Å²) in [5, 5.41) is 0.492. The van der Waals surface area contributed by atoms with E-state index in [9.17, 15) is 9.59 Å². The molecule has 1 heterocycles. The number of benzene rings is 1. The van der Waals surface area contributed by atoms with Crippen LogP contribution in [0.25, 0.3) is 0 Å². The monoisotopic (exact) mass is 419 g/mol. The fourth-order valence-electron chi connectivity index (χ4n) is 1.67. The highest BCUT2D eigenvalue weighted by Crippen LogP contribution is 2.24. The summed E-state index contributed by atoms with van der Waals surface area (Å²) in [7, 11) is 1.58. The van der Waals surface area contributed by atoms with Crippen LogP contribution in [-0.2, 0) is 11.8 Å². The zero-order valence-corrected chi connectivity index (χ0v) is 15.0. The van der Waals surface area contributed by atoms with Crippen LogP contribution < -0.4 is 15.6 Å². The summed E-state index contributed by atoms with van der Waals surface area (Å²) in [5.74, 6) is -0.512. The van der Waals surface area contributed by atoms with Crippen molar-refractivity contribution in [3.05, 3.63) is 50.7 Å². The number of carbonyl (C=O) groups excluding carboxylic acids is 2. The number of hydrazine groups is 1. The quantitative estimate of drug-likeness (QED) is 0.747. The Morgan fingerprint density at radius 1 is 1.22 bits per heavy atom. The minimum absolute atomic E-state index is 0.217. The van der Waals surface area contributed by atoms with Crippen LogP contribution >= 0.6 is 39.1 Å². The van der Waals surface area contributed by atoms with Gasteiger partial charge in [-0.1, -0.05) is 39.1 Å². The minimum Gasteiger partial charge on any atom is -0.484 e. The van der Waals surface area contributed by atoms with Gasteiger partial charge in [-0.3, -0.25) is 20.4 Å². The summed E-state index contributed by atoms with van der Waals surface area (Å²) in [6, 6.07) is 8.41. The number of amides is 2. The van der Waals surface area contributed by atoms with Crippen molar-refractivity contribution >= 4 is 50.9 Å². The number of nitrogens with zero attached hydrogens (tertiary/aromatic N) is 1. The first-order valence-electron chi connectivity index (χ1n) is 6.36. The van der Waals surface area contributed by atoms with Crippen LogP contribution in [0.15, 0.2) is 34.8 Å². The lowest BCUT2D eigenvalue weighted by Gasteiger charge is -2.09. The molecule has 0 radical (unpaired) electrons. The number of ether oxygens (including phenoxy) is 1. The molecule has 0 unspecified atom stereocenters. The van der Waals surface area contributed by atoms with E-state index in [0.717, 1.165) is 4.47 Å². The average Bonchev–Trinajstić information content (AvgIpc) is 2.79. The first-order chi connectivity index (χ1) is 10.9. The maximum absolute atomic E-state index is 11.9. The topological polar surface area (TPSA) is 72.4 Å². The Morgan fingerprint density at radius 3 is 2.43 bits per heavy atom. The van der Waals surface area contributed by atoms with Gasteiger partial charge in [0, 0.05) is 11.5 Å². The third kappa shape index (κ3) is 4.63. The van der Waals surface area contributed by atoms with Gasteiger partial charge in [0.05, 0.1) is 5.02 Å². The predicted molar refractivity (Wildman–Crippen MR) is 90.7 cm³/mol. The molecule has 1 aromatic heterocycles. The Labute approximate surface area is 150 Å². The molecular formula is C14H12BrCl2N3O3. The second-order valence-electron chi connectivity index (χ2n) is 4.47. The molecule has 0 aliphatic heterocycles. The first kappa shape index (κ1) is 17.7. The van der Waals surface area contributed by atoms with Crippen molar-refractivity contribution in [2.45, 2.75) is 0 Å². The van der Waals surface area contributed by atoms with E-state index in [2.05, 4.69) is 26.8 Å². The highest BCUT2D eigenvalue weighted by Gasteiger charge is 2.16. The van der Waals surface area contributed by atoms with Gasteiger partial charge < -0.3 is 9.30 Å². The number of nitrogens with one attached hydrogen (secondary N) is 2. The SMILES string of the molecule is Cn1c(C(=O)NNC(=O)COc2ccc(Br)cc2)cc(Cl)c1Cl. The van der Waals surface area contributed by atoms with Crippen LogP contribution in [0.2, 0.25) is 10.2 Å². The summed E-state index contributed by atoms with van der Waals surface area (Å²) in [4.78, 5) is 23.6. The van der Waals surface area contributed by atoms with Gasteiger partial charge in [-0.05, 0) is 30.3 Å². The van der Waals surface area contributed by atoms with Gasteiger partial charge in [0.25, 0.3) is 11.8 Å². The maximum Gasteiger partial charge on any atom is 0.286 e. The third-order valence-corrected chi connectivity index (χ3v) is 4.22. The Balaban J connectivity index is 1.83. The van der Waals surface area contributed by atoms with Gasteiger partial charge in [0.15, 0.2) is 6.61 Å². The van der Waals surface area contributed by atoms with E-state index in [-0.39, 0.29) is 22.5 Å². The second kappa shape index (κ2) is 7.72. The zero-order chi connectivity index (χ0) is 17.0. The van der Waals surface area contributed by atoms with E-state index in [1.807, 2.05) is 0 Å². The molecule has 0 aliphatic rings. The highest BCUT2D eigenvalue weighted by atomic mass is 79.9. The fraction of sp³-hybridized carbons (Fsp3) is 0.143. The molecule has 9 heteroatoms. The van der Waals surface area contributed by atoms with Crippen LogP contribution in [0.5, 0.6) is 5.75 Å². The first-order valence-corrected chi connectivity index (χ1v) is 7.91. The smallest absolute Gasteiger partial charge is 0.286 e. The third-order valence-electron chi connectivity index (χ3n) is 2.85. The molecule has 2 rings (SSSR count). The molecular weight excluding hydrogens is 409 g/mol. The van der Waals surface area contributed by atoms with Gasteiger partial charge >= 0.3 is 0 Å². The number of aromatic nitrogens is 1. The van der Waals surface area contributed by atoms with E-state index in [1.165, 1.54) is 10.6 Å². The maximum atomic E-state index is 11.9. The largest absolute Gasteiger partial charge is 0.484 e. The Hall–Kier alpha value is -1.70. The van der Waals surface area contributed by atoms with E-state index in [4.69, 9.17) is 27.9 Å². The van der Waals surface area contributed by atoms with E-state index < -0.39 is 11.8 Å². The molecule has 6 nitrogen and oxygen atoms in total. The summed E-state index contributed by atoms with van der Waals surface area (Å²) >= 11 is 15.0. The number of carbonyl (C=O) groups is 2. The van der Waals surface area contributed by atoms with E-state index in [0.29, 0.717) is 5.75 Å². The summed E-state index contributed by atoms with van der Waals surface area (Å²) in [5.41, 5.74) is 4.72. The lowest BCUT2D eigenvalue weighted by Crippen LogP contribution is -2.44. The predicted octanol–water partition coefficient (Wildman–Crippen LogP) is 2.93. The number of halogens is 3. The fourth-order valence-corrected chi connectivity index (χ4v) is 2.31. The zero-order valence-electron chi connectivity index (χ0n) is 11.9. The van der Waals surface area contributed by atoms with Crippen molar-refractivity contribution in [1.82, 2.24) is 15.4 Å². The molecule has 2 amide bonds. The normalized spacial score (nSPS) is 10.3. The van der Waals surface area contributed by atoms with Gasteiger partial charge in [-0.15, -0.1) is 0 Å². The Bertz CT molecular complexity index is 732. The molecule has 0 atom stereocenters. The molecule has 0 bridgehead atoms. The van der Waals surface area contributed by atoms with E-state index >= 15 is 0 Å². The van der Waals surface area contributed by atoms with Gasteiger partial charge in [0.1, 0.15) is 16.6 Å². The molecule has 122 valence electrons. The molecule has 1 aromatic carbocycles. The minimum atomic E-state index is -0.543.